The molecular weight excluding hydrogens is 310 g/mol. The summed E-state index contributed by atoms with van der Waals surface area (Å²) in [6.07, 6.45) is 4.03. The molecule has 128 valence electrons. The Hall–Kier alpha value is -2.84. The average molecular weight is 331 g/mol. The molecule has 0 aliphatic carbocycles. The number of amides is 3. The molecule has 0 bridgehead atoms. The number of nitrogens with zero attached hydrogens (tertiary/aromatic N) is 4. The third-order valence-corrected chi connectivity index (χ3v) is 4.29. The zero-order chi connectivity index (χ0) is 17.3. The zero-order valence-electron chi connectivity index (χ0n) is 13.7. The smallest absolute Gasteiger partial charge is 0.314 e. The van der Waals surface area contributed by atoms with Gasteiger partial charge >= 0.3 is 6.03 Å². The number of urea groups is 1. The lowest BCUT2D eigenvalue weighted by atomic mass is 10.1. The second-order valence-electron chi connectivity index (χ2n) is 5.74. The molecule has 0 saturated carbocycles. The van der Waals surface area contributed by atoms with E-state index in [1.807, 2.05) is 6.92 Å². The molecule has 1 atom stereocenters. The number of carbonyl (C=O) groups is 2. The van der Waals surface area contributed by atoms with Gasteiger partial charge in [0.2, 0.25) is 0 Å². The molecule has 9 nitrogen and oxygen atoms in total. The summed E-state index contributed by atoms with van der Waals surface area (Å²) in [5.41, 5.74) is 7.20. The maximum absolute atomic E-state index is 12.2. The Morgan fingerprint density at radius 3 is 2.83 bits per heavy atom. The van der Waals surface area contributed by atoms with Gasteiger partial charge in [-0.1, -0.05) is 0 Å². The van der Waals surface area contributed by atoms with E-state index in [4.69, 9.17) is 5.73 Å². The van der Waals surface area contributed by atoms with Gasteiger partial charge in [0.15, 0.2) is 5.65 Å². The second-order valence-corrected chi connectivity index (χ2v) is 5.74. The fourth-order valence-electron chi connectivity index (χ4n) is 3.00. The van der Waals surface area contributed by atoms with Crippen molar-refractivity contribution in [3.63, 3.8) is 0 Å². The average Bonchev–Trinajstić information content (AvgIpc) is 3.21. The number of carbonyl (C=O) groups excluding carboxylic acids is 2. The molecule has 0 spiro atoms. The Balaban J connectivity index is 1.99. The Bertz CT molecular complexity index is 785. The maximum atomic E-state index is 12.2. The predicted octanol–water partition coefficient (Wildman–Crippen LogP) is 0.376. The molecule has 0 aromatic carbocycles. The lowest BCUT2D eigenvalue weighted by molar-refractivity contribution is 0.0963. The Morgan fingerprint density at radius 2 is 2.21 bits per heavy atom. The van der Waals surface area contributed by atoms with Gasteiger partial charge in [0.25, 0.3) is 5.91 Å². The van der Waals surface area contributed by atoms with Crippen molar-refractivity contribution < 1.29 is 9.59 Å². The van der Waals surface area contributed by atoms with Crippen LogP contribution in [0.3, 0.4) is 0 Å². The monoisotopic (exact) mass is 331 g/mol. The van der Waals surface area contributed by atoms with Crippen LogP contribution in [0.5, 0.6) is 0 Å². The largest absolute Gasteiger partial charge is 0.379 e. The van der Waals surface area contributed by atoms with Crippen molar-refractivity contribution in [1.82, 2.24) is 25.0 Å². The fourth-order valence-corrected chi connectivity index (χ4v) is 3.00. The molecule has 3 heterocycles. The number of anilines is 1. The molecule has 9 heteroatoms. The van der Waals surface area contributed by atoms with Crippen molar-refractivity contribution in [2.75, 3.05) is 25.5 Å². The summed E-state index contributed by atoms with van der Waals surface area (Å²) in [7, 11) is 1.58. The number of fused-ring (bicyclic) bond motifs is 1. The quantitative estimate of drug-likeness (QED) is 0.748. The number of rotatable bonds is 4. The van der Waals surface area contributed by atoms with Gasteiger partial charge in [0, 0.05) is 38.9 Å². The Kier molecular flexibility index (Phi) is 4.24. The van der Waals surface area contributed by atoms with E-state index in [9.17, 15) is 9.59 Å². The topological polar surface area (TPSA) is 118 Å². The second kappa shape index (κ2) is 6.34. The van der Waals surface area contributed by atoms with Crippen molar-refractivity contribution in [1.29, 1.82) is 0 Å². The van der Waals surface area contributed by atoms with Crippen LogP contribution in [0.2, 0.25) is 0 Å². The van der Waals surface area contributed by atoms with Gasteiger partial charge < -0.3 is 21.3 Å². The third-order valence-electron chi connectivity index (χ3n) is 4.29. The Labute approximate surface area is 139 Å². The molecule has 2 aromatic heterocycles. The first-order chi connectivity index (χ1) is 11.5. The van der Waals surface area contributed by atoms with E-state index in [1.54, 1.807) is 29.0 Å². The highest BCUT2D eigenvalue weighted by molar-refractivity contribution is 6.06. The number of primary amides is 1. The lowest BCUT2D eigenvalue weighted by Crippen LogP contribution is -2.35. The molecule has 1 saturated heterocycles. The van der Waals surface area contributed by atoms with Gasteiger partial charge in [-0.05, 0) is 13.3 Å². The summed E-state index contributed by atoms with van der Waals surface area (Å²) < 4.78 is 1.78. The van der Waals surface area contributed by atoms with Crippen molar-refractivity contribution in [3.05, 3.63) is 18.0 Å². The number of hydrogen-bond donors (Lipinski definition) is 3. The van der Waals surface area contributed by atoms with E-state index in [0.717, 1.165) is 17.5 Å². The van der Waals surface area contributed by atoms with Crippen LogP contribution in [0.25, 0.3) is 11.0 Å². The molecule has 2 aromatic rings. The highest BCUT2D eigenvalue weighted by atomic mass is 16.2. The molecule has 1 aliphatic rings. The van der Waals surface area contributed by atoms with Gasteiger partial charge in [-0.2, -0.15) is 5.10 Å². The minimum Gasteiger partial charge on any atom is -0.379 e. The highest BCUT2D eigenvalue weighted by Crippen LogP contribution is 2.28. The molecule has 3 rings (SSSR count). The Morgan fingerprint density at radius 1 is 1.42 bits per heavy atom. The van der Waals surface area contributed by atoms with Crippen molar-refractivity contribution in [2.45, 2.75) is 25.9 Å². The van der Waals surface area contributed by atoms with Crippen LogP contribution in [-0.2, 0) is 6.54 Å². The van der Waals surface area contributed by atoms with Crippen LogP contribution in [-0.4, -0.2) is 57.8 Å². The van der Waals surface area contributed by atoms with Crippen LogP contribution in [0.1, 0.15) is 23.7 Å². The summed E-state index contributed by atoms with van der Waals surface area (Å²) in [6.45, 7) is 3.78. The number of hydrogen-bond acceptors (Lipinski definition) is 5. The van der Waals surface area contributed by atoms with E-state index < -0.39 is 6.03 Å². The van der Waals surface area contributed by atoms with Crippen LogP contribution >= 0.6 is 0 Å². The molecule has 1 aliphatic heterocycles. The van der Waals surface area contributed by atoms with Crippen molar-refractivity contribution in [2.24, 2.45) is 5.73 Å². The summed E-state index contributed by atoms with van der Waals surface area (Å²) in [5, 5.41) is 11.1. The summed E-state index contributed by atoms with van der Waals surface area (Å²) >= 11 is 0. The van der Waals surface area contributed by atoms with Gasteiger partial charge in [-0.25, -0.2) is 14.5 Å². The number of aromatic nitrogens is 3. The molecule has 24 heavy (non-hydrogen) atoms. The van der Waals surface area contributed by atoms with Crippen molar-refractivity contribution in [3.8, 4) is 0 Å². The number of pyridine rings is 1. The van der Waals surface area contributed by atoms with Crippen LogP contribution < -0.4 is 16.4 Å². The van der Waals surface area contributed by atoms with Gasteiger partial charge in [0.05, 0.1) is 22.8 Å². The summed E-state index contributed by atoms with van der Waals surface area (Å²) in [4.78, 5) is 29.5. The number of likely N-dealkylation sites (tertiary alicyclic amines) is 1. The third kappa shape index (κ3) is 2.72. The SMILES string of the molecule is CCn1ncc2c(N[C@@H]3CCN(C(N)=O)C3)c(C(=O)NC)cnc21. The van der Waals surface area contributed by atoms with Crippen LogP contribution in [0.15, 0.2) is 12.4 Å². The first-order valence-corrected chi connectivity index (χ1v) is 7.92. The van der Waals surface area contributed by atoms with Crippen LogP contribution in [0, 0.1) is 0 Å². The highest BCUT2D eigenvalue weighted by Gasteiger charge is 2.27. The van der Waals surface area contributed by atoms with E-state index in [0.29, 0.717) is 30.9 Å². The van der Waals surface area contributed by atoms with E-state index in [-0.39, 0.29) is 11.9 Å². The van der Waals surface area contributed by atoms with E-state index in [1.165, 1.54) is 0 Å². The minimum atomic E-state index is -0.426. The zero-order valence-corrected chi connectivity index (χ0v) is 13.7. The first-order valence-electron chi connectivity index (χ1n) is 7.92. The molecule has 0 unspecified atom stereocenters. The van der Waals surface area contributed by atoms with Gasteiger partial charge in [-0.3, -0.25) is 4.79 Å². The molecule has 0 radical (unpaired) electrons. The summed E-state index contributed by atoms with van der Waals surface area (Å²) in [5.74, 6) is -0.221. The number of nitrogens with two attached hydrogens (primary N) is 1. The van der Waals surface area contributed by atoms with Crippen LogP contribution in [0.4, 0.5) is 10.5 Å². The summed E-state index contributed by atoms with van der Waals surface area (Å²) in [6, 6.07) is -0.402. The first kappa shape index (κ1) is 16.0. The molecule has 4 N–H and O–H groups in total. The molecule has 1 fully saturated rings. The van der Waals surface area contributed by atoms with E-state index >= 15 is 0 Å². The minimum absolute atomic E-state index is 0.0245. The normalized spacial score (nSPS) is 17.2. The maximum Gasteiger partial charge on any atom is 0.314 e. The molecule has 3 amide bonds. The van der Waals surface area contributed by atoms with Gasteiger partial charge in [0.1, 0.15) is 0 Å². The molecular formula is C15H21N7O2. The number of nitrogens with one attached hydrogen (secondary N) is 2. The number of aryl methyl sites for hydroxylation is 1. The van der Waals surface area contributed by atoms with Gasteiger partial charge in [-0.15, -0.1) is 0 Å². The van der Waals surface area contributed by atoms with Crippen molar-refractivity contribution >= 4 is 28.7 Å². The predicted molar refractivity (Wildman–Crippen MR) is 89.8 cm³/mol. The standard InChI is InChI=1S/C15H21N7O2/c1-3-22-13-10(7-19-22)12(11(6-18-13)14(23)17-2)20-9-4-5-21(8-9)15(16)24/h6-7,9H,3-5,8H2,1-2H3,(H2,16,24)(H,17,23)(H,18,20)/t9-/m1/s1. The fraction of sp³-hybridized carbons (Fsp3) is 0.467. The van der Waals surface area contributed by atoms with E-state index in [2.05, 4.69) is 20.7 Å². The lowest BCUT2D eigenvalue weighted by Gasteiger charge is -2.18.